The van der Waals surface area contributed by atoms with Crippen LogP contribution in [0.2, 0.25) is 5.02 Å². The molecule has 3 rings (SSSR count). The van der Waals surface area contributed by atoms with Crippen molar-refractivity contribution in [3.05, 3.63) is 58.6 Å². The van der Waals surface area contributed by atoms with Crippen LogP contribution in [0.1, 0.15) is 37.3 Å². The highest BCUT2D eigenvalue weighted by molar-refractivity contribution is 6.31. The molecule has 5 nitrogen and oxygen atoms in total. The Bertz CT molecular complexity index is 833. The van der Waals surface area contributed by atoms with Crippen LogP contribution in [-0.2, 0) is 0 Å². The number of nitrogens with zero attached hydrogens (tertiary/aromatic N) is 1. The molecule has 1 aliphatic heterocycles. The summed E-state index contributed by atoms with van der Waals surface area (Å²) in [4.78, 5) is 0. The standard InChI is InChI=1S/C22H25ClN2O3/c1-14(2)15-6-8-16(9-7-15)28-17-10-20(25-12-17)21(26)13-27-22-5-3-4-19(23)18(22)11-24/h3-9,14,17,20-21,25-26H,10,12-13H2,1-2H3. The Balaban J connectivity index is 1.51. The molecule has 0 bridgehead atoms. The van der Waals surface area contributed by atoms with Gasteiger partial charge in [0.1, 0.15) is 41.9 Å². The first kappa shape index (κ1) is 20.5. The average molecular weight is 401 g/mol. The van der Waals surface area contributed by atoms with Crippen molar-refractivity contribution in [2.24, 2.45) is 0 Å². The number of nitrogens with one attached hydrogen (secondary N) is 1. The molecule has 0 radical (unpaired) electrons. The van der Waals surface area contributed by atoms with Crippen LogP contribution in [0, 0.1) is 11.3 Å². The Morgan fingerprint density at radius 2 is 2.00 bits per heavy atom. The van der Waals surface area contributed by atoms with Crippen molar-refractivity contribution in [3.8, 4) is 17.6 Å². The maximum absolute atomic E-state index is 10.5. The van der Waals surface area contributed by atoms with Gasteiger partial charge in [-0.1, -0.05) is 43.6 Å². The van der Waals surface area contributed by atoms with Crippen LogP contribution < -0.4 is 14.8 Å². The van der Waals surface area contributed by atoms with Crippen LogP contribution in [0.4, 0.5) is 0 Å². The largest absolute Gasteiger partial charge is 0.489 e. The van der Waals surface area contributed by atoms with Gasteiger partial charge in [-0.05, 0) is 35.7 Å². The van der Waals surface area contributed by atoms with Gasteiger partial charge in [-0.15, -0.1) is 0 Å². The molecule has 2 aromatic rings. The lowest BCUT2D eigenvalue weighted by Gasteiger charge is -2.19. The fraction of sp³-hybridized carbons (Fsp3) is 0.409. The third kappa shape index (κ3) is 4.96. The first-order valence-corrected chi connectivity index (χ1v) is 9.85. The Hall–Kier alpha value is -2.26. The van der Waals surface area contributed by atoms with E-state index in [-0.39, 0.29) is 24.3 Å². The highest BCUT2D eigenvalue weighted by atomic mass is 35.5. The van der Waals surface area contributed by atoms with Gasteiger partial charge < -0.3 is 19.9 Å². The highest BCUT2D eigenvalue weighted by Gasteiger charge is 2.31. The predicted octanol–water partition coefficient (Wildman–Crippen LogP) is 3.88. The monoisotopic (exact) mass is 400 g/mol. The summed E-state index contributed by atoms with van der Waals surface area (Å²) in [5, 5.41) is 23.3. The van der Waals surface area contributed by atoms with E-state index in [1.165, 1.54) is 5.56 Å². The molecule has 2 N–H and O–H groups in total. The number of hydrogen-bond acceptors (Lipinski definition) is 5. The van der Waals surface area contributed by atoms with E-state index in [4.69, 9.17) is 21.1 Å². The van der Waals surface area contributed by atoms with Crippen molar-refractivity contribution < 1.29 is 14.6 Å². The van der Waals surface area contributed by atoms with E-state index in [1.54, 1.807) is 18.2 Å². The minimum Gasteiger partial charge on any atom is -0.489 e. The second-order valence-electron chi connectivity index (χ2n) is 7.32. The quantitative estimate of drug-likeness (QED) is 0.737. The van der Waals surface area contributed by atoms with E-state index < -0.39 is 6.10 Å². The van der Waals surface area contributed by atoms with E-state index in [9.17, 15) is 10.4 Å². The molecule has 28 heavy (non-hydrogen) atoms. The number of aliphatic hydroxyl groups is 1. The molecule has 1 fully saturated rings. The van der Waals surface area contributed by atoms with Gasteiger partial charge in [0.25, 0.3) is 0 Å². The minimum absolute atomic E-state index is 0.00890. The van der Waals surface area contributed by atoms with Crippen molar-refractivity contribution in [1.29, 1.82) is 5.26 Å². The van der Waals surface area contributed by atoms with Gasteiger partial charge in [-0.3, -0.25) is 0 Å². The number of nitriles is 1. The Morgan fingerprint density at radius 3 is 2.68 bits per heavy atom. The third-order valence-corrected chi connectivity index (χ3v) is 5.25. The molecule has 0 spiro atoms. The van der Waals surface area contributed by atoms with Gasteiger partial charge in [0.2, 0.25) is 0 Å². The number of ether oxygens (including phenoxy) is 2. The summed E-state index contributed by atoms with van der Waals surface area (Å²) in [6.07, 6.45) is -0.0512. The van der Waals surface area contributed by atoms with Crippen LogP contribution in [-0.4, -0.2) is 36.5 Å². The molecule has 0 aromatic heterocycles. The molecule has 3 atom stereocenters. The molecular formula is C22H25ClN2O3. The number of hydrogen-bond donors (Lipinski definition) is 2. The summed E-state index contributed by atoms with van der Waals surface area (Å²) >= 11 is 6.00. The van der Waals surface area contributed by atoms with Crippen molar-refractivity contribution in [2.45, 2.75) is 44.4 Å². The number of rotatable bonds is 7. The number of halogens is 1. The summed E-state index contributed by atoms with van der Waals surface area (Å²) in [5.41, 5.74) is 1.56. The molecule has 0 aliphatic carbocycles. The zero-order chi connectivity index (χ0) is 20.1. The normalized spacial score (nSPS) is 20.0. The fourth-order valence-corrected chi connectivity index (χ4v) is 3.47. The second kappa shape index (κ2) is 9.29. The van der Waals surface area contributed by atoms with Gasteiger partial charge >= 0.3 is 0 Å². The molecular weight excluding hydrogens is 376 g/mol. The summed E-state index contributed by atoms with van der Waals surface area (Å²) in [7, 11) is 0. The Morgan fingerprint density at radius 1 is 1.25 bits per heavy atom. The van der Waals surface area contributed by atoms with Gasteiger partial charge in [0.05, 0.1) is 5.02 Å². The van der Waals surface area contributed by atoms with Gasteiger partial charge in [0.15, 0.2) is 0 Å². The second-order valence-corrected chi connectivity index (χ2v) is 7.72. The van der Waals surface area contributed by atoms with Crippen LogP contribution in [0.15, 0.2) is 42.5 Å². The molecule has 0 saturated carbocycles. The number of aliphatic hydroxyl groups excluding tert-OH is 1. The fourth-order valence-electron chi connectivity index (χ4n) is 3.26. The molecule has 1 aliphatic rings. The van der Waals surface area contributed by atoms with Crippen LogP contribution in [0.25, 0.3) is 0 Å². The Kier molecular flexibility index (Phi) is 6.79. The van der Waals surface area contributed by atoms with Crippen molar-refractivity contribution in [2.75, 3.05) is 13.2 Å². The number of benzene rings is 2. The Labute approximate surface area is 170 Å². The van der Waals surface area contributed by atoms with E-state index in [2.05, 4.69) is 31.3 Å². The zero-order valence-corrected chi connectivity index (χ0v) is 16.8. The van der Waals surface area contributed by atoms with Crippen molar-refractivity contribution >= 4 is 11.6 Å². The first-order valence-electron chi connectivity index (χ1n) is 9.47. The van der Waals surface area contributed by atoms with Gasteiger partial charge in [0, 0.05) is 19.0 Å². The van der Waals surface area contributed by atoms with Crippen molar-refractivity contribution in [1.82, 2.24) is 5.32 Å². The minimum atomic E-state index is -0.720. The molecule has 3 unspecified atom stereocenters. The van der Waals surface area contributed by atoms with E-state index in [0.717, 1.165) is 5.75 Å². The lowest BCUT2D eigenvalue weighted by Crippen LogP contribution is -2.38. The molecule has 0 amide bonds. The zero-order valence-electron chi connectivity index (χ0n) is 16.1. The maximum Gasteiger partial charge on any atom is 0.138 e. The molecule has 1 saturated heterocycles. The van der Waals surface area contributed by atoms with Crippen LogP contribution >= 0.6 is 11.6 Å². The third-order valence-electron chi connectivity index (χ3n) is 4.94. The summed E-state index contributed by atoms with van der Waals surface area (Å²) in [6, 6.07) is 15.1. The van der Waals surface area contributed by atoms with Crippen LogP contribution in [0.5, 0.6) is 11.5 Å². The summed E-state index contributed by atoms with van der Waals surface area (Å²) in [6.45, 7) is 5.05. The molecule has 148 valence electrons. The smallest absolute Gasteiger partial charge is 0.138 e. The van der Waals surface area contributed by atoms with Crippen molar-refractivity contribution in [3.63, 3.8) is 0 Å². The highest BCUT2D eigenvalue weighted by Crippen LogP contribution is 2.26. The van der Waals surface area contributed by atoms with Gasteiger partial charge in [-0.25, -0.2) is 0 Å². The van der Waals surface area contributed by atoms with Gasteiger partial charge in [-0.2, -0.15) is 5.26 Å². The van der Waals surface area contributed by atoms with E-state index in [0.29, 0.717) is 29.7 Å². The maximum atomic E-state index is 10.5. The average Bonchev–Trinajstić information content (AvgIpc) is 3.15. The van der Waals surface area contributed by atoms with E-state index in [1.807, 2.05) is 18.2 Å². The summed E-state index contributed by atoms with van der Waals surface area (Å²) in [5.74, 6) is 1.70. The lowest BCUT2D eigenvalue weighted by atomic mass is 10.0. The van der Waals surface area contributed by atoms with E-state index >= 15 is 0 Å². The molecule has 2 aromatic carbocycles. The predicted molar refractivity (Wildman–Crippen MR) is 109 cm³/mol. The molecule has 1 heterocycles. The summed E-state index contributed by atoms with van der Waals surface area (Å²) < 4.78 is 11.7. The molecule has 6 heteroatoms. The SMILES string of the molecule is CC(C)c1ccc(OC2CNC(C(O)COc3cccc(Cl)c3C#N)C2)cc1. The topological polar surface area (TPSA) is 74.5 Å². The lowest BCUT2D eigenvalue weighted by molar-refractivity contribution is 0.0754. The first-order chi connectivity index (χ1) is 13.5. The van der Waals surface area contributed by atoms with Crippen LogP contribution in [0.3, 0.4) is 0 Å².